The summed E-state index contributed by atoms with van der Waals surface area (Å²) in [5, 5.41) is 0.258. The number of epoxide rings is 1. The Morgan fingerprint density at radius 1 is 1.33 bits per heavy atom. The Bertz CT molecular complexity index is 371. The van der Waals surface area contributed by atoms with Gasteiger partial charge in [-0.05, 0) is 44.0 Å². The van der Waals surface area contributed by atoms with Gasteiger partial charge >= 0.3 is 5.97 Å². The zero-order chi connectivity index (χ0) is 16.1. The van der Waals surface area contributed by atoms with Crippen LogP contribution in [0.2, 0.25) is 18.1 Å². The lowest BCUT2D eigenvalue weighted by molar-refractivity contribution is -0.137. The molecule has 0 radical (unpaired) electrons. The Morgan fingerprint density at radius 2 is 2.00 bits per heavy atom. The van der Waals surface area contributed by atoms with Crippen molar-refractivity contribution in [3.63, 3.8) is 0 Å². The maximum Gasteiger partial charge on any atom is 0.330 e. The minimum atomic E-state index is -1.63. The molecule has 0 amide bonds. The van der Waals surface area contributed by atoms with Crippen LogP contribution in [0.1, 0.15) is 40.5 Å². The maximum absolute atomic E-state index is 11.2. The highest BCUT2D eigenvalue weighted by Gasteiger charge is 2.38. The van der Waals surface area contributed by atoms with E-state index in [4.69, 9.17) is 13.9 Å². The van der Waals surface area contributed by atoms with Crippen molar-refractivity contribution in [2.75, 3.05) is 13.2 Å². The van der Waals surface area contributed by atoms with E-state index in [0.717, 1.165) is 19.4 Å². The molecule has 0 aliphatic carbocycles. The second-order valence-corrected chi connectivity index (χ2v) is 11.8. The quantitative estimate of drug-likeness (QED) is 0.225. The van der Waals surface area contributed by atoms with Gasteiger partial charge in [-0.25, -0.2) is 4.79 Å². The van der Waals surface area contributed by atoms with Crippen molar-refractivity contribution in [1.82, 2.24) is 0 Å². The zero-order valence-electron chi connectivity index (χ0n) is 14.3. The number of carbonyl (C=O) groups excluding carboxylic acids is 1. The summed E-state index contributed by atoms with van der Waals surface area (Å²) in [4.78, 5) is 11.2. The molecule has 0 N–H and O–H groups in total. The van der Waals surface area contributed by atoms with Gasteiger partial charge in [0.15, 0.2) is 8.32 Å². The van der Waals surface area contributed by atoms with Crippen LogP contribution in [0.4, 0.5) is 0 Å². The van der Waals surface area contributed by atoms with Gasteiger partial charge in [-0.3, -0.25) is 0 Å². The lowest BCUT2D eigenvalue weighted by Gasteiger charge is -2.36. The molecule has 122 valence electrons. The molecule has 0 aromatic heterocycles. The van der Waals surface area contributed by atoms with E-state index in [0.29, 0.717) is 6.61 Å². The van der Waals surface area contributed by atoms with Crippen molar-refractivity contribution in [1.29, 1.82) is 0 Å². The van der Waals surface area contributed by atoms with Crippen molar-refractivity contribution in [3.05, 3.63) is 12.2 Å². The summed E-state index contributed by atoms with van der Waals surface area (Å²) in [5.41, 5.74) is 0. The van der Waals surface area contributed by atoms with E-state index in [9.17, 15) is 4.79 Å². The topological polar surface area (TPSA) is 48.1 Å². The number of esters is 1. The van der Waals surface area contributed by atoms with E-state index in [1.165, 1.54) is 6.08 Å². The van der Waals surface area contributed by atoms with Crippen LogP contribution in [-0.4, -0.2) is 39.7 Å². The van der Waals surface area contributed by atoms with Gasteiger partial charge in [-0.2, -0.15) is 0 Å². The van der Waals surface area contributed by atoms with Gasteiger partial charge in [0.2, 0.25) is 0 Å². The summed E-state index contributed by atoms with van der Waals surface area (Å²) < 4.78 is 16.5. The molecule has 0 bridgehead atoms. The van der Waals surface area contributed by atoms with Crippen molar-refractivity contribution in [2.45, 2.75) is 70.9 Å². The lowest BCUT2D eigenvalue weighted by atomic mass is 10.2. The van der Waals surface area contributed by atoms with E-state index in [2.05, 4.69) is 33.9 Å². The highest BCUT2D eigenvalue weighted by Crippen LogP contribution is 2.36. The monoisotopic (exact) mass is 314 g/mol. The number of ether oxygens (including phenoxy) is 2. The summed E-state index contributed by atoms with van der Waals surface area (Å²) in [6.07, 6.45) is 5.53. The fraction of sp³-hybridized carbons (Fsp3) is 0.812. The third kappa shape index (κ3) is 6.32. The van der Waals surface area contributed by atoms with Gasteiger partial charge in [0, 0.05) is 12.7 Å². The Morgan fingerprint density at radius 3 is 2.57 bits per heavy atom. The predicted molar refractivity (Wildman–Crippen MR) is 86.8 cm³/mol. The summed E-state index contributed by atoms with van der Waals surface area (Å²) in [5.74, 6) is -0.298. The third-order valence-electron chi connectivity index (χ3n) is 4.23. The first-order chi connectivity index (χ1) is 9.67. The third-order valence-corrected chi connectivity index (χ3v) is 8.77. The number of carbonyl (C=O) groups is 1. The van der Waals surface area contributed by atoms with Crippen LogP contribution in [-0.2, 0) is 18.7 Å². The first kappa shape index (κ1) is 18.4. The predicted octanol–water partition coefficient (Wildman–Crippen LogP) is 3.68. The molecule has 0 aromatic carbocycles. The van der Waals surface area contributed by atoms with Gasteiger partial charge in [-0.15, -0.1) is 0 Å². The van der Waals surface area contributed by atoms with Gasteiger partial charge in [0.25, 0.3) is 0 Å². The summed E-state index contributed by atoms with van der Waals surface area (Å²) in [7, 11) is -1.63. The van der Waals surface area contributed by atoms with Gasteiger partial charge in [-0.1, -0.05) is 20.8 Å². The summed E-state index contributed by atoms with van der Waals surface area (Å²) in [6.45, 7) is 14.3. The molecule has 0 unspecified atom stereocenters. The summed E-state index contributed by atoms with van der Waals surface area (Å²) in [6, 6.07) is 0. The van der Waals surface area contributed by atoms with Gasteiger partial charge in [0.1, 0.15) is 6.10 Å². The van der Waals surface area contributed by atoms with Crippen molar-refractivity contribution >= 4 is 14.3 Å². The van der Waals surface area contributed by atoms with Crippen molar-refractivity contribution in [3.8, 4) is 0 Å². The molecule has 1 rings (SSSR count). The highest BCUT2D eigenvalue weighted by atomic mass is 28.4. The average Bonchev–Trinajstić information content (AvgIpc) is 3.10. The van der Waals surface area contributed by atoms with Crippen LogP contribution in [0.25, 0.3) is 0 Å². The van der Waals surface area contributed by atoms with Crippen molar-refractivity contribution < 1.29 is 18.7 Å². The SMILES string of the molecule is CCOC(=O)/C=C/[C@H]1O[C@@H]1CCCO[Si](C)(C)C(C)(C)C. The van der Waals surface area contributed by atoms with E-state index >= 15 is 0 Å². The molecule has 5 heteroatoms. The van der Waals surface area contributed by atoms with Crippen LogP contribution in [0.3, 0.4) is 0 Å². The fourth-order valence-corrected chi connectivity index (χ4v) is 2.84. The van der Waals surface area contributed by atoms with E-state index in [1.807, 2.05) is 0 Å². The molecular weight excluding hydrogens is 284 g/mol. The van der Waals surface area contributed by atoms with Crippen molar-refractivity contribution in [2.24, 2.45) is 0 Å². The second-order valence-electron chi connectivity index (χ2n) is 7.00. The molecule has 1 aliphatic rings. The molecule has 1 heterocycles. The Hall–Kier alpha value is -0.653. The largest absolute Gasteiger partial charge is 0.463 e. The fourth-order valence-electron chi connectivity index (χ4n) is 1.75. The molecule has 0 aromatic rings. The van der Waals surface area contributed by atoms with Crippen LogP contribution >= 0.6 is 0 Å². The highest BCUT2D eigenvalue weighted by molar-refractivity contribution is 6.74. The minimum Gasteiger partial charge on any atom is -0.463 e. The smallest absolute Gasteiger partial charge is 0.330 e. The molecule has 1 fully saturated rings. The molecule has 21 heavy (non-hydrogen) atoms. The first-order valence-corrected chi connectivity index (χ1v) is 10.7. The number of hydrogen-bond acceptors (Lipinski definition) is 4. The molecule has 1 aliphatic heterocycles. The van der Waals surface area contributed by atoms with E-state index in [-0.39, 0.29) is 23.2 Å². The second kappa shape index (κ2) is 7.56. The van der Waals surface area contributed by atoms with Crippen LogP contribution < -0.4 is 0 Å². The standard InChI is InChI=1S/C16H30O4Si/c1-7-18-15(17)11-10-14-13(20-14)9-8-12-19-21(5,6)16(2,3)4/h10-11,13-14H,7-9,12H2,1-6H3/b11-10+/t13-,14-/m1/s1. The molecule has 2 atom stereocenters. The summed E-state index contributed by atoms with van der Waals surface area (Å²) >= 11 is 0. The maximum atomic E-state index is 11.2. The van der Waals surface area contributed by atoms with Gasteiger partial charge in [0.05, 0.1) is 12.7 Å². The number of rotatable bonds is 8. The zero-order valence-corrected chi connectivity index (χ0v) is 15.3. The molecular formula is C16H30O4Si. The Balaban J connectivity index is 2.15. The number of hydrogen-bond donors (Lipinski definition) is 0. The normalized spacial score (nSPS) is 22.6. The van der Waals surface area contributed by atoms with Gasteiger partial charge < -0.3 is 13.9 Å². The molecule has 1 saturated heterocycles. The lowest BCUT2D eigenvalue weighted by Crippen LogP contribution is -2.41. The Kier molecular flexibility index (Phi) is 6.62. The van der Waals surface area contributed by atoms with E-state index < -0.39 is 8.32 Å². The van der Waals surface area contributed by atoms with Crippen LogP contribution in [0.15, 0.2) is 12.2 Å². The average molecular weight is 314 g/mol. The minimum absolute atomic E-state index is 0.0716. The molecule has 4 nitrogen and oxygen atoms in total. The Labute approximate surface area is 130 Å². The first-order valence-electron chi connectivity index (χ1n) is 7.82. The molecule has 0 saturated carbocycles. The van der Waals surface area contributed by atoms with Crippen LogP contribution in [0.5, 0.6) is 0 Å². The van der Waals surface area contributed by atoms with E-state index in [1.54, 1.807) is 13.0 Å². The molecule has 0 spiro atoms. The van der Waals surface area contributed by atoms with Crippen LogP contribution in [0, 0.1) is 0 Å².